The number of hydrogen-bond donors (Lipinski definition) is 1. The summed E-state index contributed by atoms with van der Waals surface area (Å²) >= 11 is 0. The summed E-state index contributed by atoms with van der Waals surface area (Å²) in [5, 5.41) is 3.33. The molecular formula is C15H22N2O2. The number of hydrogen-bond acceptors (Lipinski definition) is 3. The van der Waals surface area contributed by atoms with Crippen LogP contribution in [0.25, 0.3) is 0 Å². The van der Waals surface area contributed by atoms with E-state index in [2.05, 4.69) is 19.2 Å². The van der Waals surface area contributed by atoms with Crippen LogP contribution < -0.4 is 15.0 Å². The number of amides is 1. The first kappa shape index (κ1) is 13.9. The largest absolute Gasteiger partial charge is 0.497 e. The number of ether oxygens (including phenoxy) is 1. The maximum absolute atomic E-state index is 12.3. The second-order valence-electron chi connectivity index (χ2n) is 5.77. The second-order valence-corrected chi connectivity index (χ2v) is 5.77. The Labute approximate surface area is 114 Å². The van der Waals surface area contributed by atoms with Crippen LogP contribution in [0.2, 0.25) is 0 Å². The Balaban J connectivity index is 2.29. The van der Waals surface area contributed by atoms with E-state index in [0.29, 0.717) is 13.0 Å². The Morgan fingerprint density at radius 3 is 2.89 bits per heavy atom. The minimum atomic E-state index is 0.0547. The van der Waals surface area contributed by atoms with Gasteiger partial charge in [-0.05, 0) is 17.5 Å². The molecule has 1 aromatic rings. The number of benzene rings is 1. The van der Waals surface area contributed by atoms with Crippen molar-refractivity contribution < 1.29 is 9.53 Å². The fourth-order valence-electron chi connectivity index (χ4n) is 2.34. The molecule has 0 unspecified atom stereocenters. The Kier molecular flexibility index (Phi) is 4.10. The zero-order chi connectivity index (χ0) is 13.9. The van der Waals surface area contributed by atoms with Crippen molar-refractivity contribution in [3.63, 3.8) is 0 Å². The summed E-state index contributed by atoms with van der Waals surface area (Å²) in [4.78, 5) is 14.2. The normalized spacial score (nSPS) is 19.7. The van der Waals surface area contributed by atoms with Crippen molar-refractivity contribution in [3.05, 3.63) is 24.3 Å². The molecule has 0 atom stereocenters. The van der Waals surface area contributed by atoms with E-state index in [0.717, 1.165) is 24.5 Å². The second kappa shape index (κ2) is 5.61. The summed E-state index contributed by atoms with van der Waals surface area (Å²) in [6.45, 7) is 6.72. The summed E-state index contributed by atoms with van der Waals surface area (Å²) in [6.07, 6.45) is 0.535. The van der Waals surface area contributed by atoms with Crippen molar-refractivity contribution >= 4 is 11.6 Å². The molecule has 2 rings (SSSR count). The van der Waals surface area contributed by atoms with Gasteiger partial charge in [-0.3, -0.25) is 4.79 Å². The number of nitrogens with one attached hydrogen (secondary N) is 1. The highest BCUT2D eigenvalue weighted by atomic mass is 16.5. The number of carbonyl (C=O) groups excluding carboxylic acids is 1. The average molecular weight is 262 g/mol. The van der Waals surface area contributed by atoms with Crippen LogP contribution in [0, 0.1) is 5.41 Å². The molecule has 19 heavy (non-hydrogen) atoms. The van der Waals surface area contributed by atoms with Gasteiger partial charge in [-0.25, -0.2) is 0 Å². The molecule has 1 aromatic carbocycles. The van der Waals surface area contributed by atoms with E-state index >= 15 is 0 Å². The number of carbonyl (C=O) groups is 1. The first-order valence-corrected chi connectivity index (χ1v) is 6.67. The average Bonchev–Trinajstić information content (AvgIpc) is 2.39. The van der Waals surface area contributed by atoms with Crippen molar-refractivity contribution in [2.75, 3.05) is 31.6 Å². The molecule has 0 radical (unpaired) electrons. The van der Waals surface area contributed by atoms with E-state index < -0.39 is 0 Å². The van der Waals surface area contributed by atoms with Crippen LogP contribution in [-0.4, -0.2) is 32.7 Å². The Morgan fingerprint density at radius 2 is 2.16 bits per heavy atom. The highest BCUT2D eigenvalue weighted by Crippen LogP contribution is 2.26. The van der Waals surface area contributed by atoms with Gasteiger partial charge in [-0.1, -0.05) is 19.9 Å². The fourth-order valence-corrected chi connectivity index (χ4v) is 2.34. The smallest absolute Gasteiger partial charge is 0.228 e. The van der Waals surface area contributed by atoms with E-state index in [1.165, 1.54) is 0 Å². The van der Waals surface area contributed by atoms with Crippen molar-refractivity contribution in [2.24, 2.45) is 5.41 Å². The SMILES string of the molecule is COc1cccc(N2CC(C)(C)CNCCC2=O)c1. The van der Waals surface area contributed by atoms with Gasteiger partial charge in [0.2, 0.25) is 5.91 Å². The van der Waals surface area contributed by atoms with Gasteiger partial charge in [0.05, 0.1) is 7.11 Å². The molecule has 1 saturated heterocycles. The molecule has 0 spiro atoms. The highest BCUT2D eigenvalue weighted by molar-refractivity contribution is 5.93. The summed E-state index contributed by atoms with van der Waals surface area (Å²) in [5.74, 6) is 0.941. The minimum absolute atomic E-state index is 0.0547. The van der Waals surface area contributed by atoms with Gasteiger partial charge in [0, 0.05) is 37.8 Å². The van der Waals surface area contributed by atoms with E-state index in [4.69, 9.17) is 4.74 Å². The van der Waals surface area contributed by atoms with Crippen molar-refractivity contribution in [1.29, 1.82) is 0 Å². The molecule has 1 amide bonds. The molecule has 1 aliphatic rings. The van der Waals surface area contributed by atoms with Crippen LogP contribution in [0.4, 0.5) is 5.69 Å². The van der Waals surface area contributed by atoms with Crippen LogP contribution in [0.15, 0.2) is 24.3 Å². The maximum atomic E-state index is 12.3. The summed E-state index contributed by atoms with van der Waals surface area (Å²) in [6, 6.07) is 7.70. The van der Waals surface area contributed by atoms with Crippen molar-refractivity contribution in [2.45, 2.75) is 20.3 Å². The van der Waals surface area contributed by atoms with Gasteiger partial charge >= 0.3 is 0 Å². The molecule has 4 heteroatoms. The molecule has 0 saturated carbocycles. The van der Waals surface area contributed by atoms with Crippen molar-refractivity contribution in [3.8, 4) is 5.75 Å². The van der Waals surface area contributed by atoms with E-state index in [9.17, 15) is 4.79 Å². The predicted molar refractivity (Wildman–Crippen MR) is 76.6 cm³/mol. The Bertz CT molecular complexity index is 457. The summed E-state index contributed by atoms with van der Waals surface area (Å²) < 4.78 is 5.24. The molecule has 4 nitrogen and oxygen atoms in total. The van der Waals surface area contributed by atoms with Crippen LogP contribution in [0.1, 0.15) is 20.3 Å². The van der Waals surface area contributed by atoms with Crippen LogP contribution in [0.5, 0.6) is 5.75 Å². The van der Waals surface area contributed by atoms with E-state index in [1.807, 2.05) is 29.2 Å². The molecule has 104 valence electrons. The molecule has 0 aromatic heterocycles. The fraction of sp³-hybridized carbons (Fsp3) is 0.533. The zero-order valence-corrected chi connectivity index (χ0v) is 11.9. The Morgan fingerprint density at radius 1 is 1.37 bits per heavy atom. The monoisotopic (exact) mass is 262 g/mol. The standard InChI is InChI=1S/C15H22N2O2/c1-15(2)10-16-8-7-14(18)17(11-15)12-5-4-6-13(9-12)19-3/h4-6,9,16H,7-8,10-11H2,1-3H3. The van der Waals surface area contributed by atoms with Crippen LogP contribution in [0.3, 0.4) is 0 Å². The van der Waals surface area contributed by atoms with Gasteiger partial charge in [-0.2, -0.15) is 0 Å². The zero-order valence-electron chi connectivity index (χ0n) is 11.9. The molecule has 1 N–H and O–H groups in total. The lowest BCUT2D eigenvalue weighted by molar-refractivity contribution is -0.119. The van der Waals surface area contributed by atoms with Gasteiger partial charge in [-0.15, -0.1) is 0 Å². The molecule has 1 fully saturated rings. The lowest BCUT2D eigenvalue weighted by atomic mass is 9.91. The number of methoxy groups -OCH3 is 1. The van der Waals surface area contributed by atoms with Gasteiger partial charge < -0.3 is 15.0 Å². The summed E-state index contributed by atoms with van der Waals surface area (Å²) in [5.41, 5.74) is 0.971. The lowest BCUT2D eigenvalue weighted by Crippen LogP contribution is -2.47. The van der Waals surface area contributed by atoms with Gasteiger partial charge in [0.15, 0.2) is 0 Å². The van der Waals surface area contributed by atoms with Crippen molar-refractivity contribution in [1.82, 2.24) is 5.32 Å². The lowest BCUT2D eigenvalue weighted by Gasteiger charge is -2.35. The van der Waals surface area contributed by atoms with Crippen LogP contribution in [-0.2, 0) is 4.79 Å². The molecule has 0 bridgehead atoms. The quantitative estimate of drug-likeness (QED) is 0.887. The third-order valence-electron chi connectivity index (χ3n) is 3.37. The number of anilines is 1. The van der Waals surface area contributed by atoms with E-state index in [1.54, 1.807) is 7.11 Å². The third kappa shape index (κ3) is 3.47. The molecular weight excluding hydrogens is 240 g/mol. The molecule has 1 aliphatic heterocycles. The first-order valence-electron chi connectivity index (χ1n) is 6.67. The van der Waals surface area contributed by atoms with Crippen LogP contribution >= 0.6 is 0 Å². The number of rotatable bonds is 2. The maximum Gasteiger partial charge on any atom is 0.228 e. The van der Waals surface area contributed by atoms with E-state index in [-0.39, 0.29) is 11.3 Å². The van der Waals surface area contributed by atoms with Gasteiger partial charge in [0.25, 0.3) is 0 Å². The predicted octanol–water partition coefficient (Wildman–Crippen LogP) is 2.05. The third-order valence-corrected chi connectivity index (χ3v) is 3.37. The number of nitrogens with zero attached hydrogens (tertiary/aromatic N) is 1. The van der Waals surface area contributed by atoms with Gasteiger partial charge in [0.1, 0.15) is 5.75 Å². The molecule has 0 aliphatic carbocycles. The first-order chi connectivity index (χ1) is 9.02. The highest BCUT2D eigenvalue weighted by Gasteiger charge is 2.28. The molecule has 1 heterocycles. The summed E-state index contributed by atoms with van der Waals surface area (Å²) in [7, 11) is 1.64. The minimum Gasteiger partial charge on any atom is -0.497 e. The topological polar surface area (TPSA) is 41.6 Å². The Hall–Kier alpha value is -1.55.